The van der Waals surface area contributed by atoms with Crippen LogP contribution < -0.4 is 0 Å². The second-order valence-electron chi connectivity index (χ2n) is 12.6. The van der Waals surface area contributed by atoms with Crippen LogP contribution in [0, 0.1) is 53.3 Å². The number of rotatable bonds is 6. The van der Waals surface area contributed by atoms with Gasteiger partial charge in [-0.2, -0.15) is 0 Å². The Morgan fingerprint density at radius 1 is 0.824 bits per heavy atom. The van der Waals surface area contributed by atoms with Crippen molar-refractivity contribution in [3.63, 3.8) is 0 Å². The Morgan fingerprint density at radius 3 is 1.94 bits per heavy atom. The standard InChI is InChI=1S/C30H46O4/c1-17(2)23-11-7-19(5)13-26(23)33-28(31)16-25-21-9-10-22(15-21)29(25)30(32)34-27-14-20(6)8-12-24(27)18(3)4/h9-10,16-24,26-27,29H,7-8,11-15H2,1-6H3/b25-16-/t19-,20-,21+,22-,23+,24+,26-,27-,29-/m1/s1. The van der Waals surface area contributed by atoms with Gasteiger partial charge in [0.05, 0.1) is 5.92 Å². The molecule has 3 fully saturated rings. The van der Waals surface area contributed by atoms with Crippen molar-refractivity contribution in [3.05, 3.63) is 23.8 Å². The molecule has 4 aliphatic rings. The first-order valence-corrected chi connectivity index (χ1v) is 13.9. The maximum Gasteiger partial charge on any atom is 0.331 e. The monoisotopic (exact) mass is 470 g/mol. The summed E-state index contributed by atoms with van der Waals surface area (Å²) in [5.41, 5.74) is 0.914. The summed E-state index contributed by atoms with van der Waals surface area (Å²) in [6.45, 7) is 13.4. The Kier molecular flexibility index (Phi) is 7.94. The molecule has 190 valence electrons. The molecule has 4 rings (SSSR count). The number of esters is 2. The quantitative estimate of drug-likeness (QED) is 0.245. The van der Waals surface area contributed by atoms with E-state index in [1.165, 1.54) is 12.8 Å². The number of allylic oxidation sites excluding steroid dienone is 2. The molecule has 0 aliphatic heterocycles. The summed E-state index contributed by atoms with van der Waals surface area (Å²) < 4.78 is 12.3. The van der Waals surface area contributed by atoms with Crippen LogP contribution in [0.3, 0.4) is 0 Å². The van der Waals surface area contributed by atoms with Crippen molar-refractivity contribution in [1.29, 1.82) is 0 Å². The van der Waals surface area contributed by atoms with E-state index in [9.17, 15) is 9.59 Å². The number of ether oxygens (including phenoxy) is 2. The lowest BCUT2D eigenvalue weighted by Gasteiger charge is -2.37. The molecule has 9 atom stereocenters. The van der Waals surface area contributed by atoms with Gasteiger partial charge >= 0.3 is 11.9 Å². The van der Waals surface area contributed by atoms with Gasteiger partial charge in [-0.05, 0) is 85.0 Å². The van der Waals surface area contributed by atoms with Crippen molar-refractivity contribution in [2.24, 2.45) is 53.3 Å². The van der Waals surface area contributed by atoms with Gasteiger partial charge in [0.1, 0.15) is 12.2 Å². The first kappa shape index (κ1) is 25.5. The summed E-state index contributed by atoms with van der Waals surface area (Å²) in [4.78, 5) is 26.6. The SMILES string of the molecule is CC(C)[C@@H]1CC[C@@H](C)C[C@H]1OC(=O)/C=C1/[C@H]2C=C[C@H](C2)[C@H]1C(=O)O[C@@H]1C[C@H](C)CC[C@H]1C(C)C. The molecule has 2 bridgehead atoms. The van der Waals surface area contributed by atoms with Crippen LogP contribution in [0.15, 0.2) is 23.8 Å². The highest BCUT2D eigenvalue weighted by Crippen LogP contribution is 2.49. The van der Waals surface area contributed by atoms with Crippen molar-refractivity contribution in [3.8, 4) is 0 Å². The molecule has 4 nitrogen and oxygen atoms in total. The Bertz CT molecular complexity index is 809. The summed E-state index contributed by atoms with van der Waals surface area (Å²) in [6.07, 6.45) is 13.4. The zero-order valence-corrected chi connectivity index (χ0v) is 22.2. The summed E-state index contributed by atoms with van der Waals surface area (Å²) in [6, 6.07) is 0. The predicted octanol–water partition coefficient (Wildman–Crippen LogP) is 6.74. The van der Waals surface area contributed by atoms with Crippen molar-refractivity contribution in [2.75, 3.05) is 0 Å². The lowest BCUT2D eigenvalue weighted by molar-refractivity contribution is -0.160. The Hall–Kier alpha value is -1.58. The minimum absolute atomic E-state index is 0.0110. The van der Waals surface area contributed by atoms with Crippen LogP contribution in [-0.2, 0) is 19.1 Å². The highest BCUT2D eigenvalue weighted by molar-refractivity contribution is 5.87. The van der Waals surface area contributed by atoms with E-state index in [-0.39, 0.29) is 41.9 Å². The lowest BCUT2D eigenvalue weighted by Crippen LogP contribution is -2.38. The molecule has 4 aliphatic carbocycles. The summed E-state index contributed by atoms with van der Waals surface area (Å²) in [7, 11) is 0. The third-order valence-electron chi connectivity index (χ3n) is 9.33. The number of fused-ring (bicyclic) bond motifs is 2. The minimum Gasteiger partial charge on any atom is -0.462 e. The van der Waals surface area contributed by atoms with Crippen LogP contribution in [0.5, 0.6) is 0 Å². The maximum absolute atomic E-state index is 13.5. The maximum atomic E-state index is 13.5. The number of carbonyl (C=O) groups is 2. The molecule has 0 aromatic rings. The van der Waals surface area contributed by atoms with Gasteiger partial charge in [0.2, 0.25) is 0 Å². The molecule has 0 radical (unpaired) electrons. The molecule has 0 aromatic heterocycles. The molecular formula is C30H46O4. The second-order valence-corrected chi connectivity index (χ2v) is 12.6. The van der Waals surface area contributed by atoms with Crippen molar-refractivity contribution < 1.29 is 19.1 Å². The van der Waals surface area contributed by atoms with Gasteiger partial charge in [0.15, 0.2) is 0 Å². The van der Waals surface area contributed by atoms with Gasteiger partial charge in [-0.15, -0.1) is 0 Å². The topological polar surface area (TPSA) is 52.6 Å². The number of hydrogen-bond acceptors (Lipinski definition) is 4. The van der Waals surface area contributed by atoms with E-state index in [1.54, 1.807) is 6.08 Å². The Balaban J connectivity index is 1.47. The predicted molar refractivity (Wildman–Crippen MR) is 135 cm³/mol. The van der Waals surface area contributed by atoms with Crippen LogP contribution >= 0.6 is 0 Å². The average Bonchev–Trinajstić information content (AvgIpc) is 3.35. The number of carbonyl (C=O) groups excluding carboxylic acids is 2. The van der Waals surface area contributed by atoms with Crippen LogP contribution in [0.25, 0.3) is 0 Å². The minimum atomic E-state index is -0.334. The van der Waals surface area contributed by atoms with E-state index in [0.29, 0.717) is 35.5 Å². The number of hydrogen-bond donors (Lipinski definition) is 0. The zero-order valence-electron chi connectivity index (χ0n) is 22.2. The van der Waals surface area contributed by atoms with Gasteiger partial charge in [-0.25, -0.2) is 4.79 Å². The molecule has 0 amide bonds. The van der Waals surface area contributed by atoms with E-state index in [0.717, 1.165) is 37.7 Å². The summed E-state index contributed by atoms with van der Waals surface area (Å²) >= 11 is 0. The van der Waals surface area contributed by atoms with Crippen molar-refractivity contribution in [1.82, 2.24) is 0 Å². The third kappa shape index (κ3) is 5.46. The lowest BCUT2D eigenvalue weighted by atomic mass is 9.75. The first-order valence-electron chi connectivity index (χ1n) is 13.9. The first-order chi connectivity index (χ1) is 16.1. The highest BCUT2D eigenvalue weighted by Gasteiger charge is 2.47. The highest BCUT2D eigenvalue weighted by atomic mass is 16.5. The Labute approximate surface area is 206 Å². The molecule has 0 saturated heterocycles. The van der Waals surface area contributed by atoms with Gasteiger partial charge < -0.3 is 9.47 Å². The third-order valence-corrected chi connectivity index (χ3v) is 9.33. The fraction of sp³-hybridized carbons (Fsp3) is 0.800. The van der Waals surface area contributed by atoms with Gasteiger partial charge in [-0.3, -0.25) is 4.79 Å². The smallest absolute Gasteiger partial charge is 0.331 e. The fourth-order valence-corrected chi connectivity index (χ4v) is 7.25. The van der Waals surface area contributed by atoms with Gasteiger partial charge in [0, 0.05) is 6.08 Å². The van der Waals surface area contributed by atoms with E-state index in [1.807, 2.05) is 0 Å². The molecule has 0 N–H and O–H groups in total. The van der Waals surface area contributed by atoms with E-state index < -0.39 is 0 Å². The van der Waals surface area contributed by atoms with E-state index in [4.69, 9.17) is 9.47 Å². The van der Waals surface area contributed by atoms with Gasteiger partial charge in [-0.1, -0.05) is 66.5 Å². The fourth-order valence-electron chi connectivity index (χ4n) is 7.25. The van der Waals surface area contributed by atoms with Crippen LogP contribution in [0.1, 0.15) is 86.5 Å². The molecule has 0 unspecified atom stereocenters. The molecule has 34 heavy (non-hydrogen) atoms. The second kappa shape index (κ2) is 10.6. The molecule has 4 heteroatoms. The average molecular weight is 471 g/mol. The summed E-state index contributed by atoms with van der Waals surface area (Å²) in [5.74, 6) is 2.58. The molecular weight excluding hydrogens is 424 g/mol. The van der Waals surface area contributed by atoms with Gasteiger partial charge in [0.25, 0.3) is 0 Å². The van der Waals surface area contributed by atoms with Crippen molar-refractivity contribution >= 4 is 11.9 Å². The molecule has 0 aromatic carbocycles. The molecule has 0 heterocycles. The summed E-state index contributed by atoms with van der Waals surface area (Å²) in [5, 5.41) is 0. The van der Waals surface area contributed by atoms with Crippen LogP contribution in [-0.4, -0.2) is 24.1 Å². The molecule has 3 saturated carbocycles. The van der Waals surface area contributed by atoms with E-state index in [2.05, 4.69) is 53.7 Å². The van der Waals surface area contributed by atoms with Crippen LogP contribution in [0.4, 0.5) is 0 Å². The molecule has 0 spiro atoms. The normalized spacial score (nSPS) is 40.8. The van der Waals surface area contributed by atoms with E-state index >= 15 is 0 Å². The zero-order chi connectivity index (χ0) is 24.6. The van der Waals surface area contributed by atoms with Crippen molar-refractivity contribution in [2.45, 2.75) is 98.7 Å². The largest absolute Gasteiger partial charge is 0.462 e. The van der Waals surface area contributed by atoms with Crippen LogP contribution in [0.2, 0.25) is 0 Å². The Morgan fingerprint density at radius 2 is 1.38 bits per heavy atom.